The molecule has 2 nitrogen and oxygen atoms in total. The fraction of sp³-hybridized carbons (Fsp3) is 0.556. The van der Waals surface area contributed by atoms with E-state index >= 15 is 0 Å². The smallest absolute Gasteiger partial charge is 0.0868 e. The number of rotatable bonds is 2. The van der Waals surface area contributed by atoms with Gasteiger partial charge in [-0.2, -0.15) is 4.36 Å². The molecule has 1 unspecified atom stereocenters. The van der Waals surface area contributed by atoms with Gasteiger partial charge in [-0.25, -0.2) is 4.21 Å². The summed E-state index contributed by atoms with van der Waals surface area (Å²) < 4.78 is 16.0. The van der Waals surface area contributed by atoms with Crippen LogP contribution in [0.3, 0.4) is 0 Å². The van der Waals surface area contributed by atoms with E-state index in [0.29, 0.717) is 5.75 Å². The molecular weight excluding hydrogens is 202 g/mol. The first-order chi connectivity index (χ1) is 5.94. The molecule has 0 aromatic carbocycles. The van der Waals surface area contributed by atoms with Gasteiger partial charge in [-0.1, -0.05) is 6.92 Å². The minimum atomic E-state index is -2.00. The minimum Gasteiger partial charge on any atom is -0.250 e. The molecule has 1 aromatic heterocycles. The highest BCUT2D eigenvalue weighted by Gasteiger charge is 2.04. The third kappa shape index (κ3) is 2.81. The van der Waals surface area contributed by atoms with Crippen LogP contribution in [0.4, 0.5) is 5.69 Å². The van der Waals surface area contributed by atoms with Crippen LogP contribution in [0.1, 0.15) is 16.7 Å². The van der Waals surface area contributed by atoms with Gasteiger partial charge in [0.15, 0.2) is 0 Å². The Morgan fingerprint density at radius 3 is 2.54 bits per heavy atom. The topological polar surface area (TPSA) is 29.4 Å². The van der Waals surface area contributed by atoms with Crippen LogP contribution in [0.2, 0.25) is 0 Å². The van der Waals surface area contributed by atoms with E-state index in [1.54, 1.807) is 17.6 Å². The Balaban J connectivity index is 3.18. The van der Waals surface area contributed by atoms with Gasteiger partial charge < -0.3 is 0 Å². The zero-order valence-electron chi connectivity index (χ0n) is 8.46. The maximum absolute atomic E-state index is 11.7. The van der Waals surface area contributed by atoms with E-state index in [1.165, 1.54) is 4.88 Å². The largest absolute Gasteiger partial charge is 0.250 e. The van der Waals surface area contributed by atoms with Crippen molar-refractivity contribution in [3.05, 3.63) is 15.8 Å². The summed E-state index contributed by atoms with van der Waals surface area (Å²) in [7, 11) is -2.00. The number of thiophene rings is 1. The normalized spacial score (nSPS) is 15.4. The molecule has 74 valence electrons. The summed E-state index contributed by atoms with van der Waals surface area (Å²) in [6, 6.07) is 2.00. The lowest BCUT2D eigenvalue weighted by molar-refractivity contribution is 0.681. The predicted molar refractivity (Wildman–Crippen MR) is 60.5 cm³/mol. The van der Waals surface area contributed by atoms with Crippen LogP contribution < -0.4 is 0 Å². The van der Waals surface area contributed by atoms with E-state index in [1.807, 2.05) is 26.8 Å². The molecule has 0 N–H and O–H groups in total. The summed E-state index contributed by atoms with van der Waals surface area (Å²) in [6.07, 6.45) is 1.71. The van der Waals surface area contributed by atoms with E-state index in [4.69, 9.17) is 0 Å². The molecule has 13 heavy (non-hydrogen) atoms. The monoisotopic (exact) mass is 217 g/mol. The van der Waals surface area contributed by atoms with Crippen molar-refractivity contribution in [1.82, 2.24) is 0 Å². The quantitative estimate of drug-likeness (QED) is 0.748. The summed E-state index contributed by atoms with van der Waals surface area (Å²) in [4.78, 5) is 2.38. The minimum absolute atomic E-state index is 0.612. The van der Waals surface area contributed by atoms with Crippen molar-refractivity contribution in [3.63, 3.8) is 0 Å². The average molecular weight is 217 g/mol. The van der Waals surface area contributed by atoms with Gasteiger partial charge in [-0.15, -0.1) is 11.3 Å². The molecule has 0 saturated carbocycles. The highest BCUT2D eigenvalue weighted by atomic mass is 32.2. The van der Waals surface area contributed by atoms with Crippen LogP contribution in [0.15, 0.2) is 10.4 Å². The van der Waals surface area contributed by atoms with Crippen LogP contribution in [-0.4, -0.2) is 16.2 Å². The van der Waals surface area contributed by atoms with Crippen LogP contribution in [0, 0.1) is 13.8 Å². The molecule has 1 rings (SSSR count). The first-order valence-corrected chi connectivity index (χ1v) is 7.12. The first-order valence-electron chi connectivity index (χ1n) is 4.21. The molecule has 0 aliphatic heterocycles. The lowest BCUT2D eigenvalue weighted by Gasteiger charge is -1.98. The Morgan fingerprint density at radius 2 is 2.15 bits per heavy atom. The second kappa shape index (κ2) is 3.80. The van der Waals surface area contributed by atoms with Gasteiger partial charge in [-0.3, -0.25) is 0 Å². The van der Waals surface area contributed by atoms with Crippen LogP contribution >= 0.6 is 11.3 Å². The van der Waals surface area contributed by atoms with Crippen LogP contribution in [-0.2, 0) is 9.73 Å². The van der Waals surface area contributed by atoms with Crippen molar-refractivity contribution < 1.29 is 4.21 Å². The van der Waals surface area contributed by atoms with Gasteiger partial charge >= 0.3 is 0 Å². The fourth-order valence-electron chi connectivity index (χ4n) is 0.981. The molecule has 0 radical (unpaired) electrons. The number of hydrogen-bond acceptors (Lipinski definition) is 3. The van der Waals surface area contributed by atoms with E-state index in [0.717, 1.165) is 10.6 Å². The molecule has 1 aromatic rings. The molecule has 0 saturated heterocycles. The SMILES string of the molecule is CCS(C)(=O)=Nc1cc(C)sc1C. The molecule has 0 spiro atoms. The van der Waals surface area contributed by atoms with E-state index < -0.39 is 9.73 Å². The molecular formula is C9H15NOS2. The Hall–Kier alpha value is -0.350. The van der Waals surface area contributed by atoms with Gasteiger partial charge in [0, 0.05) is 31.5 Å². The Kier molecular flexibility index (Phi) is 3.14. The summed E-state index contributed by atoms with van der Waals surface area (Å²) in [5.41, 5.74) is 0.900. The summed E-state index contributed by atoms with van der Waals surface area (Å²) in [5.74, 6) is 0.612. The van der Waals surface area contributed by atoms with Crippen molar-refractivity contribution in [2.24, 2.45) is 4.36 Å². The zero-order chi connectivity index (χ0) is 10.1. The third-order valence-electron chi connectivity index (χ3n) is 1.84. The van der Waals surface area contributed by atoms with Crippen LogP contribution in [0.25, 0.3) is 0 Å². The van der Waals surface area contributed by atoms with Crippen molar-refractivity contribution in [3.8, 4) is 0 Å². The number of aryl methyl sites for hydroxylation is 2. The van der Waals surface area contributed by atoms with Crippen molar-refractivity contribution >= 4 is 26.8 Å². The maximum Gasteiger partial charge on any atom is 0.0868 e. The molecule has 0 amide bonds. The molecule has 1 heterocycles. The van der Waals surface area contributed by atoms with Crippen molar-refractivity contribution in [2.45, 2.75) is 20.8 Å². The number of nitrogens with zero attached hydrogens (tertiary/aromatic N) is 1. The maximum atomic E-state index is 11.7. The summed E-state index contributed by atoms with van der Waals surface area (Å²) in [6.45, 7) is 5.96. The number of hydrogen-bond donors (Lipinski definition) is 0. The summed E-state index contributed by atoms with van der Waals surface area (Å²) >= 11 is 1.70. The Morgan fingerprint density at radius 1 is 1.54 bits per heavy atom. The molecule has 0 fully saturated rings. The molecule has 1 atom stereocenters. The van der Waals surface area contributed by atoms with Gasteiger partial charge in [0.25, 0.3) is 0 Å². The van der Waals surface area contributed by atoms with Crippen molar-refractivity contribution in [2.75, 3.05) is 12.0 Å². The zero-order valence-corrected chi connectivity index (χ0v) is 10.1. The lowest BCUT2D eigenvalue weighted by atomic mass is 10.4. The van der Waals surface area contributed by atoms with Gasteiger partial charge in [0.2, 0.25) is 0 Å². The third-order valence-corrected chi connectivity index (χ3v) is 4.45. The first kappa shape index (κ1) is 10.7. The molecule has 0 aliphatic rings. The van der Waals surface area contributed by atoms with Gasteiger partial charge in [0.1, 0.15) is 0 Å². The second-order valence-electron chi connectivity index (χ2n) is 3.14. The van der Waals surface area contributed by atoms with E-state index in [-0.39, 0.29) is 0 Å². The second-order valence-corrected chi connectivity index (χ2v) is 7.28. The van der Waals surface area contributed by atoms with Crippen LogP contribution in [0.5, 0.6) is 0 Å². The average Bonchev–Trinajstić information content (AvgIpc) is 2.30. The van der Waals surface area contributed by atoms with Crippen molar-refractivity contribution in [1.29, 1.82) is 0 Å². The highest BCUT2D eigenvalue weighted by molar-refractivity contribution is 7.93. The Labute approximate surface area is 84.2 Å². The van der Waals surface area contributed by atoms with E-state index in [2.05, 4.69) is 4.36 Å². The lowest BCUT2D eigenvalue weighted by Crippen LogP contribution is -1.97. The predicted octanol–water partition coefficient (Wildman–Crippen LogP) is 3.11. The van der Waals surface area contributed by atoms with E-state index in [9.17, 15) is 4.21 Å². The standard InChI is InChI=1S/C9H15NOS2/c1-5-13(4,11)10-9-6-7(2)12-8(9)3/h6H,5H2,1-4H3. The molecule has 0 aliphatic carbocycles. The molecule has 0 bridgehead atoms. The van der Waals surface area contributed by atoms with Gasteiger partial charge in [0.05, 0.1) is 5.69 Å². The van der Waals surface area contributed by atoms with Gasteiger partial charge in [-0.05, 0) is 19.9 Å². The summed E-state index contributed by atoms with van der Waals surface area (Å²) in [5, 5.41) is 0. The molecule has 4 heteroatoms. The fourth-order valence-corrected chi connectivity index (χ4v) is 2.64. The highest BCUT2D eigenvalue weighted by Crippen LogP contribution is 2.28. The Bertz CT molecular complexity index is 411.